The number of hydrogen-bond acceptors (Lipinski definition) is 4. The number of nitrogens with zero attached hydrogens (tertiary/aromatic N) is 1. The van der Waals surface area contributed by atoms with Gasteiger partial charge in [0.1, 0.15) is 17.7 Å². The van der Waals surface area contributed by atoms with Crippen LogP contribution in [0.5, 0.6) is 0 Å². The third-order valence-corrected chi connectivity index (χ3v) is 5.60. The first-order chi connectivity index (χ1) is 13.1. The molecule has 2 aromatic rings. The Kier molecular flexibility index (Phi) is 5.62. The number of halogens is 4. The van der Waals surface area contributed by atoms with Crippen LogP contribution >= 0.6 is 0 Å². The second kappa shape index (κ2) is 7.67. The number of pyridine rings is 1. The van der Waals surface area contributed by atoms with Gasteiger partial charge in [0.25, 0.3) is 10.0 Å². The summed E-state index contributed by atoms with van der Waals surface area (Å²) in [5.41, 5.74) is -1.11. The normalized spacial score (nSPS) is 16.0. The van der Waals surface area contributed by atoms with Crippen molar-refractivity contribution in [2.24, 2.45) is 5.92 Å². The van der Waals surface area contributed by atoms with Crippen LogP contribution in [0, 0.1) is 11.7 Å². The Labute approximate surface area is 159 Å². The predicted molar refractivity (Wildman–Crippen MR) is 93.5 cm³/mol. The average molecular weight is 418 g/mol. The SMILES string of the molecule is CCOC(c1cccc(NS(=O)(=O)c2ccc(F)c(C(F)(F)F)c2)n1)C1CC1. The van der Waals surface area contributed by atoms with E-state index in [-0.39, 0.29) is 18.0 Å². The molecule has 0 aliphatic heterocycles. The monoisotopic (exact) mass is 418 g/mol. The van der Waals surface area contributed by atoms with Crippen molar-refractivity contribution < 1.29 is 30.7 Å². The minimum atomic E-state index is -5.01. The summed E-state index contributed by atoms with van der Waals surface area (Å²) in [6, 6.07) is 6.17. The van der Waals surface area contributed by atoms with E-state index in [1.807, 2.05) is 6.92 Å². The molecule has 152 valence electrons. The Bertz CT molecular complexity index is 960. The summed E-state index contributed by atoms with van der Waals surface area (Å²) in [5, 5.41) is 0. The maximum atomic E-state index is 13.4. The summed E-state index contributed by atoms with van der Waals surface area (Å²) < 4.78 is 84.8. The molecular weight excluding hydrogens is 400 g/mol. The summed E-state index contributed by atoms with van der Waals surface area (Å²) in [6.07, 6.45) is -3.31. The van der Waals surface area contributed by atoms with Gasteiger partial charge in [-0.15, -0.1) is 0 Å². The van der Waals surface area contributed by atoms with Crippen molar-refractivity contribution in [1.29, 1.82) is 0 Å². The maximum absolute atomic E-state index is 13.4. The number of rotatable bonds is 7. The predicted octanol–water partition coefficient (Wildman–Crippen LogP) is 4.53. The zero-order valence-corrected chi connectivity index (χ0v) is 15.6. The van der Waals surface area contributed by atoms with Gasteiger partial charge in [0.15, 0.2) is 0 Å². The van der Waals surface area contributed by atoms with Crippen LogP contribution in [-0.2, 0) is 20.9 Å². The Hall–Kier alpha value is -2.20. The van der Waals surface area contributed by atoms with E-state index in [2.05, 4.69) is 9.71 Å². The molecule has 1 N–H and O–H groups in total. The molecule has 1 aliphatic carbocycles. The molecular formula is C18H18F4N2O3S. The molecule has 1 aromatic carbocycles. The highest BCUT2D eigenvalue weighted by molar-refractivity contribution is 7.92. The van der Waals surface area contributed by atoms with E-state index >= 15 is 0 Å². The van der Waals surface area contributed by atoms with Crippen molar-refractivity contribution in [3.8, 4) is 0 Å². The van der Waals surface area contributed by atoms with Crippen LogP contribution in [0.15, 0.2) is 41.3 Å². The van der Waals surface area contributed by atoms with Gasteiger partial charge in [-0.1, -0.05) is 6.07 Å². The standard InChI is InChI=1S/C18H18F4N2O3S/c1-2-27-17(11-6-7-11)15-4-3-5-16(23-15)24-28(25,26)12-8-9-14(19)13(10-12)18(20,21)22/h3-5,8-11,17H,2,6-7H2,1H3,(H,23,24). The topological polar surface area (TPSA) is 68.3 Å². The molecule has 1 aromatic heterocycles. The van der Waals surface area contributed by atoms with Crippen molar-refractivity contribution in [2.75, 3.05) is 11.3 Å². The van der Waals surface area contributed by atoms with Gasteiger partial charge in [0.05, 0.1) is 16.2 Å². The minimum absolute atomic E-state index is 0.0549. The van der Waals surface area contributed by atoms with Gasteiger partial charge in [-0.05, 0) is 56.0 Å². The molecule has 3 rings (SSSR count). The number of benzene rings is 1. The first-order valence-corrected chi connectivity index (χ1v) is 10.1. The molecule has 1 atom stereocenters. The van der Waals surface area contributed by atoms with Gasteiger partial charge < -0.3 is 4.74 Å². The van der Waals surface area contributed by atoms with Gasteiger partial charge in [0, 0.05) is 6.61 Å². The summed E-state index contributed by atoms with van der Waals surface area (Å²) in [6.45, 7) is 2.31. The van der Waals surface area contributed by atoms with Crippen LogP contribution in [0.2, 0.25) is 0 Å². The van der Waals surface area contributed by atoms with E-state index in [1.165, 1.54) is 6.07 Å². The van der Waals surface area contributed by atoms with E-state index in [9.17, 15) is 26.0 Å². The van der Waals surface area contributed by atoms with Crippen molar-refractivity contribution in [1.82, 2.24) is 4.98 Å². The number of ether oxygens (including phenoxy) is 1. The number of alkyl halides is 3. The van der Waals surface area contributed by atoms with E-state index in [0.29, 0.717) is 24.3 Å². The second-order valence-electron chi connectivity index (χ2n) is 6.41. The molecule has 28 heavy (non-hydrogen) atoms. The van der Waals surface area contributed by atoms with Crippen LogP contribution in [0.4, 0.5) is 23.4 Å². The molecule has 1 fully saturated rings. The van der Waals surface area contributed by atoms with Gasteiger partial charge >= 0.3 is 6.18 Å². The molecule has 1 saturated carbocycles. The number of nitrogens with one attached hydrogen (secondary N) is 1. The highest BCUT2D eigenvalue weighted by atomic mass is 32.2. The van der Waals surface area contributed by atoms with E-state index in [1.54, 1.807) is 12.1 Å². The summed E-state index contributed by atoms with van der Waals surface area (Å²) >= 11 is 0. The van der Waals surface area contributed by atoms with Crippen LogP contribution < -0.4 is 4.72 Å². The fourth-order valence-corrected chi connectivity index (χ4v) is 3.82. The Balaban J connectivity index is 1.88. The maximum Gasteiger partial charge on any atom is 0.419 e. The quantitative estimate of drug-likeness (QED) is 0.671. The Morgan fingerprint density at radius 3 is 2.57 bits per heavy atom. The van der Waals surface area contributed by atoms with Gasteiger partial charge in [-0.25, -0.2) is 17.8 Å². The number of anilines is 1. The Morgan fingerprint density at radius 1 is 1.25 bits per heavy atom. The van der Waals surface area contributed by atoms with E-state index in [0.717, 1.165) is 18.9 Å². The molecule has 1 aliphatic rings. The molecule has 0 amide bonds. The second-order valence-corrected chi connectivity index (χ2v) is 8.09. The molecule has 10 heteroatoms. The highest BCUT2D eigenvalue weighted by Gasteiger charge is 2.36. The van der Waals surface area contributed by atoms with Crippen LogP contribution in [-0.4, -0.2) is 20.0 Å². The highest BCUT2D eigenvalue weighted by Crippen LogP contribution is 2.43. The zero-order chi connectivity index (χ0) is 20.5. The molecule has 0 spiro atoms. The smallest absolute Gasteiger partial charge is 0.372 e. The molecule has 1 unspecified atom stereocenters. The first-order valence-electron chi connectivity index (χ1n) is 8.60. The van der Waals surface area contributed by atoms with Gasteiger partial charge in [0.2, 0.25) is 0 Å². The van der Waals surface area contributed by atoms with Crippen molar-refractivity contribution in [2.45, 2.75) is 36.9 Å². The van der Waals surface area contributed by atoms with Gasteiger partial charge in [-0.3, -0.25) is 4.72 Å². The van der Waals surface area contributed by atoms with E-state index < -0.39 is 32.5 Å². The van der Waals surface area contributed by atoms with Crippen LogP contribution in [0.1, 0.15) is 37.1 Å². The van der Waals surface area contributed by atoms with Crippen LogP contribution in [0.3, 0.4) is 0 Å². The van der Waals surface area contributed by atoms with Crippen molar-refractivity contribution in [3.63, 3.8) is 0 Å². The van der Waals surface area contributed by atoms with Crippen molar-refractivity contribution in [3.05, 3.63) is 53.5 Å². The lowest BCUT2D eigenvalue weighted by atomic mass is 10.1. The number of aromatic nitrogens is 1. The summed E-state index contributed by atoms with van der Waals surface area (Å²) in [5.74, 6) is -1.29. The number of hydrogen-bond donors (Lipinski definition) is 1. The summed E-state index contributed by atoms with van der Waals surface area (Å²) in [7, 11) is -4.39. The molecule has 0 radical (unpaired) electrons. The fourth-order valence-electron chi connectivity index (χ4n) is 2.79. The Morgan fingerprint density at radius 2 is 1.96 bits per heavy atom. The molecule has 0 saturated heterocycles. The molecule has 5 nitrogen and oxygen atoms in total. The third kappa shape index (κ3) is 4.61. The largest absolute Gasteiger partial charge is 0.419 e. The zero-order valence-electron chi connectivity index (χ0n) is 14.8. The minimum Gasteiger partial charge on any atom is -0.372 e. The molecule has 0 bridgehead atoms. The molecule has 1 heterocycles. The first kappa shape index (κ1) is 20.5. The van der Waals surface area contributed by atoms with Crippen molar-refractivity contribution >= 4 is 15.8 Å². The number of sulfonamides is 1. The lowest BCUT2D eigenvalue weighted by Gasteiger charge is -2.17. The van der Waals surface area contributed by atoms with Crippen LogP contribution in [0.25, 0.3) is 0 Å². The average Bonchev–Trinajstić information content (AvgIpc) is 3.43. The fraction of sp³-hybridized carbons (Fsp3) is 0.389. The third-order valence-electron chi connectivity index (χ3n) is 4.25. The lowest BCUT2D eigenvalue weighted by molar-refractivity contribution is -0.140. The van der Waals surface area contributed by atoms with E-state index in [4.69, 9.17) is 4.74 Å². The summed E-state index contributed by atoms with van der Waals surface area (Å²) in [4.78, 5) is 3.53. The van der Waals surface area contributed by atoms with Gasteiger partial charge in [-0.2, -0.15) is 13.2 Å². The lowest BCUT2D eigenvalue weighted by Crippen LogP contribution is -2.17.